The molecule has 6 heteroatoms. The number of nitrogens with zero attached hydrogens (tertiary/aromatic N) is 3. The fourth-order valence-corrected chi connectivity index (χ4v) is 3.70. The molecule has 1 aromatic carbocycles. The van der Waals surface area contributed by atoms with Crippen molar-refractivity contribution in [3.8, 4) is 11.5 Å². The molecule has 1 unspecified atom stereocenters. The van der Waals surface area contributed by atoms with E-state index in [0.29, 0.717) is 31.2 Å². The summed E-state index contributed by atoms with van der Waals surface area (Å²) in [6.07, 6.45) is 0.443. The van der Waals surface area contributed by atoms with Crippen LogP contribution in [-0.4, -0.2) is 27.5 Å². The first kappa shape index (κ1) is 15.1. The van der Waals surface area contributed by atoms with Crippen molar-refractivity contribution < 1.29 is 9.32 Å². The van der Waals surface area contributed by atoms with Crippen LogP contribution >= 0.6 is 11.3 Å². The molecule has 1 amide bonds. The zero-order valence-corrected chi connectivity index (χ0v) is 14.1. The van der Waals surface area contributed by atoms with Crippen molar-refractivity contribution in [2.24, 2.45) is 0 Å². The molecule has 1 aliphatic rings. The van der Waals surface area contributed by atoms with Gasteiger partial charge in [-0.15, -0.1) is 11.3 Å². The maximum atomic E-state index is 12.3. The molecule has 3 aromatic rings. The normalized spacial score (nSPS) is 17.6. The molecule has 122 valence electrons. The van der Waals surface area contributed by atoms with Gasteiger partial charge in [0.2, 0.25) is 5.91 Å². The molecular formula is C18H17N3O2S. The van der Waals surface area contributed by atoms with Gasteiger partial charge in [-0.05, 0) is 30.5 Å². The number of hydrogen-bond acceptors (Lipinski definition) is 5. The maximum absolute atomic E-state index is 12.3. The van der Waals surface area contributed by atoms with Crippen LogP contribution in [0.15, 0.2) is 46.3 Å². The quantitative estimate of drug-likeness (QED) is 0.728. The van der Waals surface area contributed by atoms with Crippen LogP contribution in [0.5, 0.6) is 0 Å². The van der Waals surface area contributed by atoms with Gasteiger partial charge in [-0.25, -0.2) is 0 Å². The minimum Gasteiger partial charge on any atom is -0.337 e. The smallest absolute Gasteiger partial charge is 0.257 e. The van der Waals surface area contributed by atoms with Gasteiger partial charge in [-0.2, -0.15) is 4.98 Å². The van der Waals surface area contributed by atoms with Crippen molar-refractivity contribution >= 4 is 17.2 Å². The summed E-state index contributed by atoms with van der Waals surface area (Å²) in [6.45, 7) is 3.33. The van der Waals surface area contributed by atoms with Crippen LogP contribution in [0.3, 0.4) is 0 Å². The largest absolute Gasteiger partial charge is 0.337 e. The highest BCUT2D eigenvalue weighted by atomic mass is 32.1. The number of likely N-dealkylation sites (tertiary alicyclic amines) is 1. The molecule has 0 saturated carbocycles. The Morgan fingerprint density at radius 3 is 3.04 bits per heavy atom. The van der Waals surface area contributed by atoms with Crippen molar-refractivity contribution in [2.75, 3.05) is 6.54 Å². The first-order valence-electron chi connectivity index (χ1n) is 7.90. The van der Waals surface area contributed by atoms with Crippen molar-refractivity contribution in [3.63, 3.8) is 0 Å². The van der Waals surface area contributed by atoms with E-state index in [1.807, 2.05) is 47.5 Å². The minimum absolute atomic E-state index is 0.000212. The third-order valence-electron chi connectivity index (χ3n) is 4.21. The molecule has 1 fully saturated rings. The summed E-state index contributed by atoms with van der Waals surface area (Å²) < 4.78 is 5.41. The molecule has 5 nitrogen and oxygen atoms in total. The Kier molecular flexibility index (Phi) is 3.90. The van der Waals surface area contributed by atoms with Crippen molar-refractivity contribution in [1.82, 2.24) is 15.0 Å². The second kappa shape index (κ2) is 6.20. The summed E-state index contributed by atoms with van der Waals surface area (Å²) in [5, 5.41) is 6.14. The second-order valence-corrected chi connectivity index (χ2v) is 7.11. The van der Waals surface area contributed by atoms with Crippen LogP contribution in [-0.2, 0) is 11.3 Å². The maximum Gasteiger partial charge on any atom is 0.257 e. The Bertz CT molecular complexity index is 857. The summed E-state index contributed by atoms with van der Waals surface area (Å²) in [4.78, 5) is 19.8. The van der Waals surface area contributed by atoms with E-state index in [1.54, 1.807) is 11.3 Å². The Morgan fingerprint density at radius 2 is 2.25 bits per heavy atom. The molecule has 1 aliphatic heterocycles. The summed E-state index contributed by atoms with van der Waals surface area (Å²) in [5.41, 5.74) is 2.05. The van der Waals surface area contributed by atoms with Crippen molar-refractivity contribution in [1.29, 1.82) is 0 Å². The summed E-state index contributed by atoms with van der Waals surface area (Å²) in [6, 6.07) is 12.0. The molecule has 2 aromatic heterocycles. The molecule has 4 rings (SSSR count). The third-order valence-corrected chi connectivity index (χ3v) is 5.07. The lowest BCUT2D eigenvalue weighted by Crippen LogP contribution is -2.23. The van der Waals surface area contributed by atoms with E-state index >= 15 is 0 Å². The summed E-state index contributed by atoms with van der Waals surface area (Å²) in [7, 11) is 0. The average Bonchev–Trinajstić information content (AvgIpc) is 3.30. The van der Waals surface area contributed by atoms with Gasteiger partial charge in [0.15, 0.2) is 5.82 Å². The Hall–Kier alpha value is -2.47. The summed E-state index contributed by atoms with van der Waals surface area (Å²) >= 11 is 1.67. The highest BCUT2D eigenvalue weighted by Gasteiger charge is 2.33. The number of hydrogen-bond donors (Lipinski definition) is 0. The van der Waals surface area contributed by atoms with Crippen LogP contribution in [0.1, 0.15) is 28.6 Å². The summed E-state index contributed by atoms with van der Waals surface area (Å²) in [5.74, 6) is 1.28. The number of carbonyl (C=O) groups excluding carboxylic acids is 1. The molecule has 1 saturated heterocycles. The fraction of sp³-hybridized carbons (Fsp3) is 0.278. The van der Waals surface area contributed by atoms with Gasteiger partial charge in [0.1, 0.15) is 0 Å². The van der Waals surface area contributed by atoms with E-state index in [1.165, 1.54) is 4.88 Å². The van der Waals surface area contributed by atoms with Crippen LogP contribution < -0.4 is 0 Å². The zero-order chi connectivity index (χ0) is 16.5. The highest BCUT2D eigenvalue weighted by Crippen LogP contribution is 2.29. The third kappa shape index (κ3) is 2.97. The zero-order valence-electron chi connectivity index (χ0n) is 13.3. The van der Waals surface area contributed by atoms with Crippen LogP contribution in [0, 0.1) is 6.92 Å². The molecule has 1 atom stereocenters. The van der Waals surface area contributed by atoms with Crippen molar-refractivity contribution in [2.45, 2.75) is 25.8 Å². The van der Waals surface area contributed by atoms with Gasteiger partial charge in [0.25, 0.3) is 5.89 Å². The van der Waals surface area contributed by atoms with Gasteiger partial charge in [0, 0.05) is 29.3 Å². The molecular weight excluding hydrogens is 322 g/mol. The van der Waals surface area contributed by atoms with Gasteiger partial charge < -0.3 is 9.42 Å². The lowest BCUT2D eigenvalue weighted by Gasteiger charge is -2.14. The Labute approximate surface area is 143 Å². The number of aryl methyl sites for hydroxylation is 1. The number of aromatic nitrogens is 2. The van der Waals surface area contributed by atoms with E-state index in [-0.39, 0.29) is 11.8 Å². The van der Waals surface area contributed by atoms with E-state index in [2.05, 4.69) is 16.2 Å². The second-order valence-electron chi connectivity index (χ2n) is 6.08. The van der Waals surface area contributed by atoms with Gasteiger partial charge in [-0.1, -0.05) is 28.9 Å². The predicted octanol–water partition coefficient (Wildman–Crippen LogP) is 3.62. The molecule has 0 radical (unpaired) electrons. The standard InChI is InChI=1S/C18H17N3O2S/c1-12-4-2-5-13(8-12)18-19-17(20-23-18)14-9-16(22)21(10-14)11-15-6-3-7-24-15/h2-8,14H,9-11H2,1H3. The van der Waals surface area contributed by atoms with Gasteiger partial charge >= 0.3 is 0 Å². The number of thiophene rings is 1. The van der Waals surface area contributed by atoms with E-state index in [0.717, 1.165) is 11.1 Å². The minimum atomic E-state index is -0.000212. The van der Waals surface area contributed by atoms with Crippen LogP contribution in [0.4, 0.5) is 0 Å². The van der Waals surface area contributed by atoms with E-state index in [4.69, 9.17) is 4.52 Å². The SMILES string of the molecule is Cc1cccc(-c2nc(C3CC(=O)N(Cc4cccs4)C3)no2)c1. The molecule has 24 heavy (non-hydrogen) atoms. The lowest BCUT2D eigenvalue weighted by atomic mass is 10.1. The average molecular weight is 339 g/mol. The lowest BCUT2D eigenvalue weighted by molar-refractivity contribution is -0.128. The van der Waals surface area contributed by atoms with Gasteiger partial charge in [-0.3, -0.25) is 4.79 Å². The first-order chi connectivity index (χ1) is 11.7. The Morgan fingerprint density at radius 1 is 1.33 bits per heavy atom. The topological polar surface area (TPSA) is 59.2 Å². The van der Waals surface area contributed by atoms with Crippen LogP contribution in [0.25, 0.3) is 11.5 Å². The number of carbonyl (C=O) groups is 1. The molecule has 0 N–H and O–H groups in total. The highest BCUT2D eigenvalue weighted by molar-refractivity contribution is 7.09. The first-order valence-corrected chi connectivity index (χ1v) is 8.78. The van der Waals surface area contributed by atoms with E-state index in [9.17, 15) is 4.79 Å². The van der Waals surface area contributed by atoms with Gasteiger partial charge in [0.05, 0.1) is 6.54 Å². The number of rotatable bonds is 4. The fourth-order valence-electron chi connectivity index (χ4n) is 2.98. The Balaban J connectivity index is 1.50. The molecule has 0 spiro atoms. The van der Waals surface area contributed by atoms with Crippen molar-refractivity contribution in [3.05, 3.63) is 58.0 Å². The molecule has 0 aliphatic carbocycles. The van der Waals surface area contributed by atoms with E-state index < -0.39 is 0 Å². The predicted molar refractivity (Wildman–Crippen MR) is 91.6 cm³/mol. The molecule has 3 heterocycles. The number of amides is 1. The van der Waals surface area contributed by atoms with Crippen LogP contribution in [0.2, 0.25) is 0 Å². The molecule has 0 bridgehead atoms. The monoisotopic (exact) mass is 339 g/mol. The number of benzene rings is 1.